The Bertz CT molecular complexity index is 397. The molecule has 1 unspecified atom stereocenters. The van der Waals surface area contributed by atoms with E-state index in [0.29, 0.717) is 6.42 Å². The van der Waals surface area contributed by atoms with Crippen LogP contribution in [0.4, 0.5) is 0 Å². The van der Waals surface area contributed by atoms with Gasteiger partial charge >= 0.3 is 0 Å². The fourth-order valence-corrected chi connectivity index (χ4v) is 2.51. The van der Waals surface area contributed by atoms with E-state index in [1.54, 1.807) is 0 Å². The third kappa shape index (κ3) is 3.35. The molecule has 1 aromatic rings. The maximum absolute atomic E-state index is 10.5. The van der Waals surface area contributed by atoms with Crippen LogP contribution in [0, 0.1) is 0 Å². The van der Waals surface area contributed by atoms with Crippen LogP contribution in [0.15, 0.2) is 12.4 Å². The number of ether oxygens (including phenoxy) is 1. The Hall–Kier alpha value is -0.910. The van der Waals surface area contributed by atoms with Gasteiger partial charge in [0.25, 0.3) is 0 Å². The monoisotopic (exact) mass is 267 g/mol. The summed E-state index contributed by atoms with van der Waals surface area (Å²) in [6.07, 6.45) is 4.10. The van der Waals surface area contributed by atoms with Crippen molar-refractivity contribution in [2.24, 2.45) is 0 Å². The van der Waals surface area contributed by atoms with Gasteiger partial charge in [0.1, 0.15) is 0 Å². The molecule has 2 heterocycles. The number of rotatable bonds is 5. The number of aryl methyl sites for hydroxylation is 1. The molecule has 1 aliphatic rings. The molecule has 0 saturated carbocycles. The van der Waals surface area contributed by atoms with Gasteiger partial charge in [0.15, 0.2) is 0 Å². The van der Waals surface area contributed by atoms with Crippen LogP contribution in [0.1, 0.15) is 26.3 Å². The first kappa shape index (κ1) is 14.5. The van der Waals surface area contributed by atoms with Gasteiger partial charge in [-0.25, -0.2) is 0 Å². The summed E-state index contributed by atoms with van der Waals surface area (Å²) in [4.78, 5) is 2.31. The van der Waals surface area contributed by atoms with Gasteiger partial charge in [-0.3, -0.25) is 9.58 Å². The van der Waals surface area contributed by atoms with Crippen molar-refractivity contribution < 1.29 is 9.84 Å². The smallest absolute Gasteiger partial charge is 0.0759 e. The molecule has 2 rings (SSSR count). The molecular formula is C14H25N3O2. The van der Waals surface area contributed by atoms with Crippen LogP contribution < -0.4 is 0 Å². The minimum Gasteiger partial charge on any atom is -0.391 e. The van der Waals surface area contributed by atoms with Crippen LogP contribution >= 0.6 is 0 Å². The van der Waals surface area contributed by atoms with E-state index < -0.39 is 6.10 Å². The van der Waals surface area contributed by atoms with Crippen LogP contribution in [0.3, 0.4) is 0 Å². The molecule has 1 aliphatic heterocycles. The molecule has 0 amide bonds. The third-order valence-corrected chi connectivity index (χ3v) is 4.08. The highest BCUT2D eigenvalue weighted by Crippen LogP contribution is 2.23. The maximum Gasteiger partial charge on any atom is 0.0759 e. The van der Waals surface area contributed by atoms with Crippen molar-refractivity contribution in [1.29, 1.82) is 0 Å². The molecule has 5 heteroatoms. The van der Waals surface area contributed by atoms with E-state index in [1.807, 2.05) is 17.1 Å². The number of hydrogen-bond donors (Lipinski definition) is 1. The summed E-state index contributed by atoms with van der Waals surface area (Å²) in [6.45, 7) is 10.4. The van der Waals surface area contributed by atoms with Crippen molar-refractivity contribution in [2.45, 2.75) is 45.4 Å². The van der Waals surface area contributed by atoms with Gasteiger partial charge in [0.2, 0.25) is 0 Å². The lowest BCUT2D eigenvalue weighted by Gasteiger charge is -2.43. The predicted molar refractivity (Wildman–Crippen MR) is 74.1 cm³/mol. The molecule has 0 aliphatic carbocycles. The molecule has 5 nitrogen and oxygen atoms in total. The molecule has 0 spiro atoms. The quantitative estimate of drug-likeness (QED) is 0.862. The summed E-state index contributed by atoms with van der Waals surface area (Å²) in [5.41, 5.74) is 0.855. The molecule has 1 saturated heterocycles. The Kier molecular flexibility index (Phi) is 4.60. The van der Waals surface area contributed by atoms with Gasteiger partial charge < -0.3 is 9.84 Å². The van der Waals surface area contributed by atoms with Crippen LogP contribution in [-0.4, -0.2) is 57.7 Å². The number of nitrogens with zero attached hydrogens (tertiary/aromatic N) is 3. The first-order valence-corrected chi connectivity index (χ1v) is 7.06. The standard InChI is InChI=1S/C14H25N3O2/c1-4-17-11-12(10-15-17)9-13(18)14(2,3)16-5-7-19-8-6-16/h10-11,13,18H,4-9H2,1-3H3. The van der Waals surface area contributed by atoms with E-state index in [4.69, 9.17) is 4.74 Å². The fraction of sp³-hybridized carbons (Fsp3) is 0.786. The number of hydrogen-bond acceptors (Lipinski definition) is 4. The summed E-state index contributed by atoms with van der Waals surface area (Å²) in [6, 6.07) is 0. The molecular weight excluding hydrogens is 242 g/mol. The summed E-state index contributed by atoms with van der Waals surface area (Å²) < 4.78 is 7.27. The fourth-order valence-electron chi connectivity index (χ4n) is 2.51. The van der Waals surface area contributed by atoms with Gasteiger partial charge in [-0.15, -0.1) is 0 Å². The lowest BCUT2D eigenvalue weighted by Crippen LogP contribution is -2.56. The van der Waals surface area contributed by atoms with Crippen molar-refractivity contribution in [2.75, 3.05) is 26.3 Å². The topological polar surface area (TPSA) is 50.5 Å². The van der Waals surface area contributed by atoms with Crippen molar-refractivity contribution in [3.63, 3.8) is 0 Å². The molecule has 19 heavy (non-hydrogen) atoms. The van der Waals surface area contributed by atoms with Crippen LogP contribution in [-0.2, 0) is 17.7 Å². The first-order chi connectivity index (χ1) is 9.04. The Balaban J connectivity index is 1.98. The zero-order valence-corrected chi connectivity index (χ0v) is 12.2. The summed E-state index contributed by atoms with van der Waals surface area (Å²) >= 11 is 0. The molecule has 0 aromatic carbocycles. The van der Waals surface area contributed by atoms with E-state index in [1.165, 1.54) is 0 Å². The molecule has 1 atom stereocenters. The van der Waals surface area contributed by atoms with Crippen LogP contribution in [0.2, 0.25) is 0 Å². The van der Waals surface area contributed by atoms with Crippen molar-refractivity contribution in [3.05, 3.63) is 18.0 Å². The maximum atomic E-state index is 10.5. The first-order valence-electron chi connectivity index (χ1n) is 7.06. The van der Waals surface area contributed by atoms with Gasteiger partial charge in [0.05, 0.1) is 25.5 Å². The van der Waals surface area contributed by atoms with E-state index in [9.17, 15) is 5.11 Å². The SMILES string of the molecule is CCn1cc(CC(O)C(C)(C)N2CCOCC2)cn1. The second kappa shape index (κ2) is 6.03. The molecule has 108 valence electrons. The van der Waals surface area contributed by atoms with Crippen molar-refractivity contribution in [3.8, 4) is 0 Å². The van der Waals surface area contributed by atoms with E-state index >= 15 is 0 Å². The Labute approximate surface area is 115 Å². The second-order valence-electron chi connectivity index (χ2n) is 5.68. The highest BCUT2D eigenvalue weighted by molar-refractivity contribution is 5.08. The Morgan fingerprint density at radius 2 is 2.11 bits per heavy atom. The average Bonchev–Trinajstić information content (AvgIpc) is 2.87. The third-order valence-electron chi connectivity index (χ3n) is 4.08. The van der Waals surface area contributed by atoms with Gasteiger partial charge in [-0.1, -0.05) is 0 Å². The van der Waals surface area contributed by atoms with Crippen LogP contribution in [0.5, 0.6) is 0 Å². The predicted octanol–water partition coefficient (Wildman–Crippen LogP) is 0.917. The minimum absolute atomic E-state index is 0.238. The molecule has 1 N–H and O–H groups in total. The Morgan fingerprint density at radius 3 is 2.68 bits per heavy atom. The Morgan fingerprint density at radius 1 is 1.42 bits per heavy atom. The van der Waals surface area contributed by atoms with Crippen molar-refractivity contribution >= 4 is 0 Å². The van der Waals surface area contributed by atoms with E-state index in [-0.39, 0.29) is 5.54 Å². The highest BCUT2D eigenvalue weighted by Gasteiger charge is 2.35. The van der Waals surface area contributed by atoms with Gasteiger partial charge in [0, 0.05) is 37.8 Å². The zero-order chi connectivity index (χ0) is 13.9. The number of aliphatic hydroxyl groups is 1. The summed E-state index contributed by atoms with van der Waals surface area (Å²) in [5.74, 6) is 0. The van der Waals surface area contributed by atoms with Crippen LogP contribution in [0.25, 0.3) is 0 Å². The van der Waals surface area contributed by atoms with Gasteiger partial charge in [-0.05, 0) is 26.3 Å². The largest absolute Gasteiger partial charge is 0.391 e. The normalized spacial score (nSPS) is 19.6. The molecule has 1 aromatic heterocycles. The second-order valence-corrected chi connectivity index (χ2v) is 5.68. The zero-order valence-electron chi connectivity index (χ0n) is 12.2. The molecule has 1 fully saturated rings. The lowest BCUT2D eigenvalue weighted by atomic mass is 9.90. The lowest BCUT2D eigenvalue weighted by molar-refractivity contribution is -0.0612. The van der Waals surface area contributed by atoms with Gasteiger partial charge in [-0.2, -0.15) is 5.10 Å². The average molecular weight is 267 g/mol. The molecule has 0 radical (unpaired) electrons. The number of aromatic nitrogens is 2. The minimum atomic E-state index is -0.403. The van der Waals surface area contributed by atoms with E-state index in [2.05, 4.69) is 30.8 Å². The number of morpholine rings is 1. The molecule has 0 bridgehead atoms. The van der Waals surface area contributed by atoms with Crippen molar-refractivity contribution in [1.82, 2.24) is 14.7 Å². The number of aliphatic hydroxyl groups excluding tert-OH is 1. The summed E-state index contributed by atoms with van der Waals surface area (Å²) in [5, 5.41) is 14.8. The van der Waals surface area contributed by atoms with E-state index in [0.717, 1.165) is 38.4 Å². The summed E-state index contributed by atoms with van der Waals surface area (Å²) in [7, 11) is 0. The highest BCUT2D eigenvalue weighted by atomic mass is 16.5.